The number of benzene rings is 2. The molecule has 0 amide bonds. The summed E-state index contributed by atoms with van der Waals surface area (Å²) >= 11 is 0. The fraction of sp³-hybridized carbons (Fsp3) is 0.360. The van der Waals surface area contributed by atoms with Gasteiger partial charge in [-0.2, -0.15) is 5.10 Å². The highest BCUT2D eigenvalue weighted by molar-refractivity contribution is 5.89. The second-order valence-electron chi connectivity index (χ2n) is 7.95. The summed E-state index contributed by atoms with van der Waals surface area (Å²) in [6.45, 7) is 2.23. The van der Waals surface area contributed by atoms with Crippen molar-refractivity contribution in [3.05, 3.63) is 70.9 Å². The Morgan fingerprint density at radius 1 is 1.23 bits per heavy atom. The molecule has 1 N–H and O–H groups in total. The van der Waals surface area contributed by atoms with Crippen molar-refractivity contribution in [2.24, 2.45) is 4.99 Å². The van der Waals surface area contributed by atoms with Crippen molar-refractivity contribution in [1.29, 1.82) is 0 Å². The third-order valence-corrected chi connectivity index (χ3v) is 6.01. The maximum Gasteiger partial charge on any atom is 0.163 e. The molecule has 1 heterocycles. The lowest BCUT2D eigenvalue weighted by molar-refractivity contribution is 0.478. The van der Waals surface area contributed by atoms with Gasteiger partial charge in [0.25, 0.3) is 0 Å². The minimum absolute atomic E-state index is 0.0877. The molecular formula is C25H28F2N4. The van der Waals surface area contributed by atoms with E-state index in [4.69, 9.17) is 5.10 Å². The number of allylic oxidation sites excluding steroid dienone is 1. The van der Waals surface area contributed by atoms with Crippen molar-refractivity contribution in [3.8, 4) is 0 Å². The standard InChI is InChI=1S/C25H28F2N4/c1-3-22-20-12-11-17(15-24(20)31(30-22)19-8-4-5-9-19)23(28-2)13-14-29-16-18-7-6-10-21(26)25(18)27/h6-7,10-15,19,28H,3-5,8-9,16H2,1-2H3. The summed E-state index contributed by atoms with van der Waals surface area (Å²) in [6, 6.07) is 11.0. The lowest BCUT2D eigenvalue weighted by Gasteiger charge is -2.12. The number of aromatic nitrogens is 2. The number of halogens is 2. The first kappa shape index (κ1) is 21.2. The predicted octanol–water partition coefficient (Wildman–Crippen LogP) is 5.82. The average Bonchev–Trinajstić information content (AvgIpc) is 3.44. The first-order valence-electron chi connectivity index (χ1n) is 10.9. The van der Waals surface area contributed by atoms with Crippen LogP contribution in [0.5, 0.6) is 0 Å². The molecule has 0 unspecified atom stereocenters. The predicted molar refractivity (Wildman–Crippen MR) is 122 cm³/mol. The van der Waals surface area contributed by atoms with Gasteiger partial charge in [0.1, 0.15) is 0 Å². The molecule has 4 nitrogen and oxygen atoms in total. The third kappa shape index (κ3) is 4.38. The van der Waals surface area contributed by atoms with E-state index in [1.807, 2.05) is 13.1 Å². The van der Waals surface area contributed by atoms with E-state index in [9.17, 15) is 8.78 Å². The molecule has 31 heavy (non-hydrogen) atoms. The van der Waals surface area contributed by atoms with Crippen LogP contribution in [0, 0.1) is 11.6 Å². The van der Waals surface area contributed by atoms with Crippen LogP contribution in [0.2, 0.25) is 0 Å². The largest absolute Gasteiger partial charge is 0.388 e. The molecule has 1 fully saturated rings. The van der Waals surface area contributed by atoms with Gasteiger partial charge in [-0.15, -0.1) is 0 Å². The SMILES string of the molecule is CCc1nn(C2CCCC2)c2cc(C(=CC=NCc3cccc(F)c3F)NC)ccc12. The second-order valence-corrected chi connectivity index (χ2v) is 7.95. The van der Waals surface area contributed by atoms with E-state index in [0.717, 1.165) is 29.4 Å². The molecule has 0 atom stereocenters. The summed E-state index contributed by atoms with van der Waals surface area (Å²) in [7, 11) is 1.86. The highest BCUT2D eigenvalue weighted by Crippen LogP contribution is 2.33. The van der Waals surface area contributed by atoms with Crippen LogP contribution < -0.4 is 5.32 Å². The third-order valence-electron chi connectivity index (χ3n) is 6.01. The van der Waals surface area contributed by atoms with Gasteiger partial charge in [0.15, 0.2) is 11.6 Å². The molecule has 0 bridgehead atoms. The van der Waals surface area contributed by atoms with Crippen molar-refractivity contribution in [1.82, 2.24) is 15.1 Å². The zero-order valence-corrected chi connectivity index (χ0v) is 18.0. The highest BCUT2D eigenvalue weighted by Gasteiger charge is 2.21. The van der Waals surface area contributed by atoms with Crippen molar-refractivity contribution in [2.75, 3.05) is 7.05 Å². The van der Waals surface area contributed by atoms with Gasteiger partial charge < -0.3 is 5.32 Å². The summed E-state index contributed by atoms with van der Waals surface area (Å²) in [4.78, 5) is 4.25. The number of fused-ring (bicyclic) bond motifs is 1. The van der Waals surface area contributed by atoms with E-state index in [1.165, 1.54) is 42.7 Å². The zero-order chi connectivity index (χ0) is 21.8. The van der Waals surface area contributed by atoms with Crippen molar-refractivity contribution < 1.29 is 8.78 Å². The van der Waals surface area contributed by atoms with Crippen LogP contribution in [0.1, 0.15) is 55.5 Å². The molecule has 3 aromatic rings. The maximum atomic E-state index is 13.8. The minimum atomic E-state index is -0.849. The van der Waals surface area contributed by atoms with Crippen LogP contribution in [-0.2, 0) is 13.0 Å². The normalized spacial score (nSPS) is 15.4. The number of hydrogen-bond donors (Lipinski definition) is 1. The number of aliphatic imine (C=N–C) groups is 1. The highest BCUT2D eigenvalue weighted by atomic mass is 19.2. The quantitative estimate of drug-likeness (QED) is 0.487. The fourth-order valence-electron chi connectivity index (χ4n) is 4.33. The Labute approximate surface area is 181 Å². The molecule has 1 aromatic heterocycles. The van der Waals surface area contributed by atoms with E-state index in [2.05, 4.69) is 40.1 Å². The Morgan fingerprint density at radius 2 is 2.03 bits per heavy atom. The molecular weight excluding hydrogens is 394 g/mol. The Morgan fingerprint density at radius 3 is 2.77 bits per heavy atom. The summed E-state index contributed by atoms with van der Waals surface area (Å²) in [5, 5.41) is 9.35. The topological polar surface area (TPSA) is 42.2 Å². The Balaban J connectivity index is 1.61. The first-order chi connectivity index (χ1) is 15.1. The minimum Gasteiger partial charge on any atom is -0.388 e. The van der Waals surface area contributed by atoms with Crippen molar-refractivity contribution >= 4 is 22.8 Å². The van der Waals surface area contributed by atoms with E-state index in [-0.39, 0.29) is 12.1 Å². The fourth-order valence-corrected chi connectivity index (χ4v) is 4.33. The van der Waals surface area contributed by atoms with Gasteiger partial charge in [0.05, 0.1) is 23.8 Å². The second kappa shape index (κ2) is 9.41. The number of hydrogen-bond acceptors (Lipinski definition) is 3. The van der Waals surface area contributed by atoms with Crippen LogP contribution in [0.15, 0.2) is 47.5 Å². The molecule has 6 heteroatoms. The van der Waals surface area contributed by atoms with Crippen LogP contribution in [0.4, 0.5) is 8.78 Å². The smallest absolute Gasteiger partial charge is 0.163 e. The van der Waals surface area contributed by atoms with Crippen molar-refractivity contribution in [3.63, 3.8) is 0 Å². The van der Waals surface area contributed by atoms with E-state index in [0.29, 0.717) is 6.04 Å². The Bertz CT molecular complexity index is 1120. The van der Waals surface area contributed by atoms with Gasteiger partial charge in [0, 0.05) is 29.9 Å². The van der Waals surface area contributed by atoms with Gasteiger partial charge in [-0.1, -0.05) is 44.0 Å². The average molecular weight is 423 g/mol. The molecule has 4 rings (SSSR count). The molecule has 1 saturated carbocycles. The van der Waals surface area contributed by atoms with Gasteiger partial charge >= 0.3 is 0 Å². The molecule has 0 saturated heterocycles. The van der Waals surface area contributed by atoms with E-state index >= 15 is 0 Å². The maximum absolute atomic E-state index is 13.8. The summed E-state index contributed by atoms with van der Waals surface area (Å²) in [5.41, 5.74) is 4.50. The Kier molecular flexibility index (Phi) is 6.44. The summed E-state index contributed by atoms with van der Waals surface area (Å²) in [5.74, 6) is -1.69. The molecule has 0 aliphatic heterocycles. The summed E-state index contributed by atoms with van der Waals surface area (Å²) < 4.78 is 29.3. The van der Waals surface area contributed by atoms with E-state index in [1.54, 1.807) is 12.3 Å². The lowest BCUT2D eigenvalue weighted by atomic mass is 10.1. The zero-order valence-electron chi connectivity index (χ0n) is 18.0. The van der Waals surface area contributed by atoms with E-state index < -0.39 is 11.6 Å². The monoisotopic (exact) mass is 422 g/mol. The molecule has 162 valence electrons. The van der Waals surface area contributed by atoms with Gasteiger partial charge in [-0.3, -0.25) is 9.67 Å². The molecule has 0 spiro atoms. The molecule has 0 radical (unpaired) electrons. The van der Waals surface area contributed by atoms with Crippen LogP contribution >= 0.6 is 0 Å². The number of rotatable bonds is 7. The lowest BCUT2D eigenvalue weighted by Crippen LogP contribution is -2.08. The van der Waals surface area contributed by atoms with Gasteiger partial charge in [-0.05, 0) is 43.0 Å². The van der Waals surface area contributed by atoms with Crippen molar-refractivity contribution in [2.45, 2.75) is 51.6 Å². The van der Waals surface area contributed by atoms with Crippen LogP contribution in [0.25, 0.3) is 16.6 Å². The number of nitrogens with zero attached hydrogens (tertiary/aromatic N) is 3. The van der Waals surface area contributed by atoms with Gasteiger partial charge in [0.2, 0.25) is 0 Å². The number of aryl methyl sites for hydroxylation is 1. The number of nitrogens with one attached hydrogen (secondary N) is 1. The Hall–Kier alpha value is -3.02. The van der Waals surface area contributed by atoms with Crippen LogP contribution in [0.3, 0.4) is 0 Å². The molecule has 1 aliphatic carbocycles. The summed E-state index contributed by atoms with van der Waals surface area (Å²) in [6.07, 6.45) is 9.29. The van der Waals surface area contributed by atoms with Crippen LogP contribution in [-0.4, -0.2) is 23.0 Å². The molecule has 1 aliphatic rings. The first-order valence-corrected chi connectivity index (χ1v) is 10.9. The molecule has 2 aromatic carbocycles. The van der Waals surface area contributed by atoms with Gasteiger partial charge in [-0.25, -0.2) is 8.78 Å².